The van der Waals surface area contributed by atoms with Crippen molar-refractivity contribution in [3.8, 4) is 0 Å². The van der Waals surface area contributed by atoms with Crippen LogP contribution in [0.3, 0.4) is 0 Å². The number of fused-ring (bicyclic) bond motifs is 1. The van der Waals surface area contributed by atoms with E-state index in [1.807, 2.05) is 35.3 Å². The van der Waals surface area contributed by atoms with Gasteiger partial charge < -0.3 is 5.73 Å². The summed E-state index contributed by atoms with van der Waals surface area (Å²) in [7, 11) is 0. The van der Waals surface area contributed by atoms with Crippen LogP contribution >= 0.6 is 0 Å². The van der Waals surface area contributed by atoms with Crippen molar-refractivity contribution in [2.75, 3.05) is 0 Å². The molecule has 2 atom stereocenters. The largest absolute Gasteiger partial charge is 0.368 e. The number of carbonyl (C=O) groups is 1. The molecule has 2 N–H and O–H groups in total. The molecule has 1 aromatic carbocycles. The standard InChI is InChI=1S/C14H17N3O/c15-14(18)13-11-7-4-8-12(11)16-17(13)9-10-5-2-1-3-6-10/h1-3,5-6,11,13H,4,7-9H2,(H2,15,18). The third-order valence-electron chi connectivity index (χ3n) is 3.81. The highest BCUT2D eigenvalue weighted by Gasteiger charge is 2.42. The van der Waals surface area contributed by atoms with Gasteiger partial charge in [-0.05, 0) is 24.8 Å². The summed E-state index contributed by atoms with van der Waals surface area (Å²) >= 11 is 0. The summed E-state index contributed by atoms with van der Waals surface area (Å²) in [4.78, 5) is 11.7. The van der Waals surface area contributed by atoms with Gasteiger partial charge in [0.1, 0.15) is 6.04 Å². The molecular formula is C14H17N3O. The zero-order valence-electron chi connectivity index (χ0n) is 10.2. The molecule has 1 aromatic rings. The van der Waals surface area contributed by atoms with Crippen LogP contribution in [0.5, 0.6) is 0 Å². The predicted molar refractivity (Wildman–Crippen MR) is 69.7 cm³/mol. The number of hydrazone groups is 1. The number of hydrogen-bond donors (Lipinski definition) is 1. The highest BCUT2D eigenvalue weighted by Crippen LogP contribution is 2.34. The van der Waals surface area contributed by atoms with Gasteiger partial charge in [0, 0.05) is 11.6 Å². The summed E-state index contributed by atoms with van der Waals surface area (Å²) in [5.74, 6) is 0.00259. The van der Waals surface area contributed by atoms with E-state index in [0.717, 1.165) is 30.5 Å². The highest BCUT2D eigenvalue weighted by atomic mass is 16.1. The third-order valence-corrected chi connectivity index (χ3v) is 3.81. The fourth-order valence-corrected chi connectivity index (χ4v) is 3.00. The number of primary amides is 1. The van der Waals surface area contributed by atoms with Gasteiger partial charge >= 0.3 is 0 Å². The van der Waals surface area contributed by atoms with Gasteiger partial charge in [0.2, 0.25) is 5.91 Å². The minimum Gasteiger partial charge on any atom is -0.368 e. The fourth-order valence-electron chi connectivity index (χ4n) is 3.00. The molecule has 94 valence electrons. The van der Waals surface area contributed by atoms with Crippen molar-refractivity contribution in [3.63, 3.8) is 0 Å². The molecule has 1 aliphatic carbocycles. The lowest BCUT2D eigenvalue weighted by Crippen LogP contribution is -2.43. The summed E-state index contributed by atoms with van der Waals surface area (Å²) in [6.07, 6.45) is 3.18. The van der Waals surface area contributed by atoms with Crippen molar-refractivity contribution in [1.29, 1.82) is 0 Å². The smallest absolute Gasteiger partial charge is 0.242 e. The van der Waals surface area contributed by atoms with E-state index in [2.05, 4.69) is 5.10 Å². The lowest BCUT2D eigenvalue weighted by molar-refractivity contribution is -0.123. The van der Waals surface area contributed by atoms with Crippen LogP contribution in [0.2, 0.25) is 0 Å². The Morgan fingerprint density at radius 2 is 2.17 bits per heavy atom. The molecule has 0 bridgehead atoms. The maximum absolute atomic E-state index is 11.7. The van der Waals surface area contributed by atoms with Gasteiger partial charge in [-0.25, -0.2) is 0 Å². The van der Waals surface area contributed by atoms with Crippen LogP contribution in [0.15, 0.2) is 35.4 Å². The third kappa shape index (κ3) is 1.88. The van der Waals surface area contributed by atoms with Crippen molar-refractivity contribution < 1.29 is 4.79 Å². The Morgan fingerprint density at radius 3 is 2.89 bits per heavy atom. The predicted octanol–water partition coefficient (Wildman–Crippen LogP) is 1.51. The monoisotopic (exact) mass is 243 g/mol. The van der Waals surface area contributed by atoms with Gasteiger partial charge in [0.05, 0.1) is 6.54 Å². The topological polar surface area (TPSA) is 58.7 Å². The van der Waals surface area contributed by atoms with E-state index in [0.29, 0.717) is 6.54 Å². The Balaban J connectivity index is 1.82. The molecular weight excluding hydrogens is 226 g/mol. The van der Waals surface area contributed by atoms with Crippen LogP contribution in [0, 0.1) is 5.92 Å². The number of benzene rings is 1. The summed E-state index contributed by atoms with van der Waals surface area (Å²) in [6, 6.07) is 9.83. The Bertz CT molecular complexity index is 483. The van der Waals surface area contributed by atoms with E-state index in [-0.39, 0.29) is 17.9 Å². The van der Waals surface area contributed by atoms with E-state index in [1.165, 1.54) is 0 Å². The van der Waals surface area contributed by atoms with Gasteiger partial charge in [-0.3, -0.25) is 9.80 Å². The average molecular weight is 243 g/mol. The molecule has 4 heteroatoms. The molecule has 0 radical (unpaired) electrons. The second-order valence-corrected chi connectivity index (χ2v) is 5.02. The van der Waals surface area contributed by atoms with Gasteiger partial charge in [-0.1, -0.05) is 30.3 Å². The van der Waals surface area contributed by atoms with Crippen LogP contribution in [-0.4, -0.2) is 22.7 Å². The van der Waals surface area contributed by atoms with Crippen LogP contribution < -0.4 is 5.73 Å². The summed E-state index contributed by atoms with van der Waals surface area (Å²) in [5, 5.41) is 6.47. The van der Waals surface area contributed by atoms with Crippen LogP contribution in [0.25, 0.3) is 0 Å². The number of hydrogen-bond acceptors (Lipinski definition) is 3. The second-order valence-electron chi connectivity index (χ2n) is 5.02. The molecule has 18 heavy (non-hydrogen) atoms. The maximum atomic E-state index is 11.7. The average Bonchev–Trinajstić information content (AvgIpc) is 2.89. The Kier molecular flexibility index (Phi) is 2.78. The van der Waals surface area contributed by atoms with Crippen LogP contribution in [0.4, 0.5) is 0 Å². The van der Waals surface area contributed by atoms with Gasteiger partial charge in [0.25, 0.3) is 0 Å². The maximum Gasteiger partial charge on any atom is 0.242 e. The molecule has 3 rings (SSSR count). The molecule has 1 saturated carbocycles. The van der Waals surface area contributed by atoms with Gasteiger partial charge in [-0.15, -0.1) is 0 Å². The van der Waals surface area contributed by atoms with E-state index in [1.54, 1.807) is 0 Å². The van der Waals surface area contributed by atoms with E-state index in [4.69, 9.17) is 5.73 Å². The molecule has 4 nitrogen and oxygen atoms in total. The lowest BCUT2D eigenvalue weighted by Gasteiger charge is -2.24. The Morgan fingerprint density at radius 1 is 1.39 bits per heavy atom. The number of amides is 1. The number of rotatable bonds is 3. The van der Waals surface area contributed by atoms with Crippen molar-refractivity contribution in [3.05, 3.63) is 35.9 Å². The number of carbonyl (C=O) groups excluding carboxylic acids is 1. The Labute approximate surface area is 106 Å². The molecule has 2 unspecified atom stereocenters. The van der Waals surface area contributed by atoms with Gasteiger partial charge in [0.15, 0.2) is 0 Å². The van der Waals surface area contributed by atoms with Crippen LogP contribution in [0.1, 0.15) is 24.8 Å². The summed E-state index contributed by atoms with van der Waals surface area (Å²) in [5.41, 5.74) is 7.87. The molecule has 1 fully saturated rings. The SMILES string of the molecule is NC(=O)C1C2CCCC2=NN1Cc1ccccc1. The first kappa shape index (κ1) is 11.3. The molecule has 0 spiro atoms. The molecule has 1 heterocycles. The lowest BCUT2D eigenvalue weighted by atomic mass is 9.97. The number of nitrogens with two attached hydrogens (primary N) is 1. The second kappa shape index (κ2) is 4.44. The summed E-state index contributed by atoms with van der Waals surface area (Å²) < 4.78 is 0. The minimum atomic E-state index is -0.253. The molecule has 1 aliphatic heterocycles. The minimum absolute atomic E-state index is 0.247. The molecule has 0 saturated heterocycles. The van der Waals surface area contributed by atoms with Crippen molar-refractivity contribution in [2.24, 2.45) is 16.8 Å². The van der Waals surface area contributed by atoms with Gasteiger partial charge in [-0.2, -0.15) is 5.10 Å². The number of nitrogens with zero attached hydrogens (tertiary/aromatic N) is 2. The zero-order chi connectivity index (χ0) is 12.5. The van der Waals surface area contributed by atoms with Crippen molar-refractivity contribution in [1.82, 2.24) is 5.01 Å². The highest BCUT2D eigenvalue weighted by molar-refractivity contribution is 5.96. The van der Waals surface area contributed by atoms with E-state index in [9.17, 15) is 4.79 Å². The quantitative estimate of drug-likeness (QED) is 0.874. The zero-order valence-corrected chi connectivity index (χ0v) is 10.2. The first-order valence-electron chi connectivity index (χ1n) is 6.43. The molecule has 2 aliphatic rings. The molecule has 0 aromatic heterocycles. The first-order chi connectivity index (χ1) is 8.75. The van der Waals surface area contributed by atoms with E-state index < -0.39 is 0 Å². The first-order valence-corrected chi connectivity index (χ1v) is 6.43. The Hall–Kier alpha value is -1.84. The van der Waals surface area contributed by atoms with Crippen molar-refractivity contribution in [2.45, 2.75) is 31.8 Å². The van der Waals surface area contributed by atoms with E-state index >= 15 is 0 Å². The normalized spacial score (nSPS) is 26.0. The van der Waals surface area contributed by atoms with Crippen molar-refractivity contribution >= 4 is 11.6 Å². The summed E-state index contributed by atoms with van der Waals surface area (Å²) in [6.45, 7) is 0.661. The van der Waals surface area contributed by atoms with Crippen LogP contribution in [-0.2, 0) is 11.3 Å². The fraction of sp³-hybridized carbons (Fsp3) is 0.429. The molecule has 1 amide bonds.